The molecule has 20 heavy (non-hydrogen) atoms. The van der Waals surface area contributed by atoms with E-state index < -0.39 is 0 Å². The summed E-state index contributed by atoms with van der Waals surface area (Å²) in [6.45, 7) is 0. The molecule has 1 aliphatic carbocycles. The summed E-state index contributed by atoms with van der Waals surface area (Å²) in [6, 6.07) is 10.2. The molecular formula is C15H13N3S2. The third kappa shape index (κ3) is 1.89. The van der Waals surface area contributed by atoms with Crippen molar-refractivity contribution >= 4 is 28.5 Å². The number of fused-ring (bicyclic) bond motifs is 2. The summed E-state index contributed by atoms with van der Waals surface area (Å²) in [4.78, 5) is 5.69. The van der Waals surface area contributed by atoms with Gasteiger partial charge in [0.1, 0.15) is 9.65 Å². The zero-order valence-corrected chi connectivity index (χ0v) is 12.5. The quantitative estimate of drug-likeness (QED) is 0.635. The molecule has 0 spiro atoms. The van der Waals surface area contributed by atoms with Crippen molar-refractivity contribution < 1.29 is 0 Å². The minimum Gasteiger partial charge on any atom is -0.224 e. The maximum atomic E-state index is 5.61. The summed E-state index contributed by atoms with van der Waals surface area (Å²) < 4.78 is 2.69. The fraction of sp³-hybridized carbons (Fsp3) is 0.267. The first-order chi connectivity index (χ1) is 9.83. The summed E-state index contributed by atoms with van der Waals surface area (Å²) in [5.41, 5.74) is 3.54. The Kier molecular flexibility index (Phi) is 2.89. The Labute approximate surface area is 125 Å². The van der Waals surface area contributed by atoms with Crippen molar-refractivity contribution in [1.82, 2.24) is 14.6 Å². The zero-order chi connectivity index (χ0) is 13.5. The summed E-state index contributed by atoms with van der Waals surface area (Å²) in [6.07, 6.45) is 4.52. The number of hydrogen-bond acceptors (Lipinski definition) is 4. The fourth-order valence-electron chi connectivity index (χ4n) is 2.67. The standard InChI is InChI=1S/C15H13N3S2/c19-14-11-8-4-5-9-12(11)16-15-18(14)17-13(20-15)10-6-2-1-3-7-10/h1-3,6-7H,4-5,8-9H2. The zero-order valence-electron chi connectivity index (χ0n) is 10.9. The molecule has 1 aromatic carbocycles. The summed E-state index contributed by atoms with van der Waals surface area (Å²) in [7, 11) is 0. The van der Waals surface area contributed by atoms with E-state index in [1.54, 1.807) is 11.3 Å². The van der Waals surface area contributed by atoms with Crippen LogP contribution in [0.1, 0.15) is 24.1 Å². The van der Waals surface area contributed by atoms with Gasteiger partial charge >= 0.3 is 0 Å². The van der Waals surface area contributed by atoms with Crippen LogP contribution in [0, 0.1) is 4.64 Å². The number of hydrogen-bond donors (Lipinski definition) is 0. The van der Waals surface area contributed by atoms with Gasteiger partial charge in [0.15, 0.2) is 0 Å². The molecule has 1 aliphatic rings. The lowest BCUT2D eigenvalue weighted by atomic mass is 9.98. The van der Waals surface area contributed by atoms with E-state index in [0.717, 1.165) is 33.0 Å². The molecule has 2 heterocycles. The molecule has 4 rings (SSSR count). The second kappa shape index (κ2) is 4.75. The SMILES string of the molecule is S=c1c2c(nc3sc(-c4ccccc4)nn13)CCCC2. The van der Waals surface area contributed by atoms with Crippen LogP contribution in [-0.2, 0) is 12.8 Å². The second-order valence-electron chi connectivity index (χ2n) is 5.02. The molecule has 0 atom stereocenters. The fourth-order valence-corrected chi connectivity index (χ4v) is 4.00. The Morgan fingerprint density at radius 2 is 1.90 bits per heavy atom. The second-order valence-corrected chi connectivity index (χ2v) is 6.36. The monoisotopic (exact) mass is 299 g/mol. The van der Waals surface area contributed by atoms with Crippen molar-refractivity contribution in [3.8, 4) is 10.6 Å². The van der Waals surface area contributed by atoms with Crippen LogP contribution in [0.2, 0.25) is 0 Å². The highest BCUT2D eigenvalue weighted by Crippen LogP contribution is 2.28. The van der Waals surface area contributed by atoms with Crippen LogP contribution in [0.4, 0.5) is 0 Å². The van der Waals surface area contributed by atoms with Crippen molar-refractivity contribution in [2.24, 2.45) is 0 Å². The van der Waals surface area contributed by atoms with Crippen LogP contribution in [0.15, 0.2) is 30.3 Å². The minimum absolute atomic E-state index is 0.850. The van der Waals surface area contributed by atoms with Crippen LogP contribution in [0.5, 0.6) is 0 Å². The van der Waals surface area contributed by atoms with Gasteiger partial charge in [0.2, 0.25) is 4.96 Å². The van der Waals surface area contributed by atoms with Gasteiger partial charge in [-0.05, 0) is 25.7 Å². The summed E-state index contributed by atoms with van der Waals surface area (Å²) in [5.74, 6) is 0. The van der Waals surface area contributed by atoms with E-state index in [2.05, 4.69) is 17.2 Å². The Balaban J connectivity index is 1.96. The van der Waals surface area contributed by atoms with Gasteiger partial charge in [0.05, 0.1) is 0 Å². The van der Waals surface area contributed by atoms with Crippen LogP contribution in [-0.4, -0.2) is 14.6 Å². The molecule has 0 aliphatic heterocycles. The van der Waals surface area contributed by atoms with Crippen LogP contribution in [0.3, 0.4) is 0 Å². The normalized spacial score (nSPS) is 14.4. The number of benzene rings is 1. The smallest absolute Gasteiger partial charge is 0.213 e. The third-order valence-electron chi connectivity index (χ3n) is 3.70. The molecule has 0 fully saturated rings. The Bertz CT molecular complexity index is 833. The Morgan fingerprint density at radius 1 is 1.10 bits per heavy atom. The Morgan fingerprint density at radius 3 is 2.75 bits per heavy atom. The molecule has 0 bridgehead atoms. The topological polar surface area (TPSA) is 30.2 Å². The van der Waals surface area contributed by atoms with Gasteiger partial charge in [-0.1, -0.05) is 53.9 Å². The lowest BCUT2D eigenvalue weighted by molar-refractivity contribution is 0.657. The molecule has 0 radical (unpaired) electrons. The number of nitrogens with zero attached hydrogens (tertiary/aromatic N) is 3. The number of aryl methyl sites for hydroxylation is 1. The van der Waals surface area contributed by atoms with E-state index in [-0.39, 0.29) is 0 Å². The average Bonchev–Trinajstić information content (AvgIpc) is 2.93. The molecule has 100 valence electrons. The predicted molar refractivity (Wildman–Crippen MR) is 83.8 cm³/mol. The van der Waals surface area contributed by atoms with E-state index in [1.165, 1.54) is 24.1 Å². The van der Waals surface area contributed by atoms with Crippen molar-refractivity contribution in [3.63, 3.8) is 0 Å². The first-order valence-corrected chi connectivity index (χ1v) is 8.02. The first-order valence-electron chi connectivity index (χ1n) is 6.80. The first kappa shape index (κ1) is 12.2. The highest BCUT2D eigenvalue weighted by Gasteiger charge is 2.17. The highest BCUT2D eigenvalue weighted by molar-refractivity contribution is 7.71. The minimum atomic E-state index is 0.850. The molecule has 0 N–H and O–H groups in total. The molecule has 0 saturated heterocycles. The van der Waals surface area contributed by atoms with E-state index in [4.69, 9.17) is 17.2 Å². The van der Waals surface area contributed by atoms with E-state index >= 15 is 0 Å². The van der Waals surface area contributed by atoms with Crippen molar-refractivity contribution in [1.29, 1.82) is 0 Å². The number of rotatable bonds is 1. The molecule has 0 saturated carbocycles. The predicted octanol–water partition coefficient (Wildman–Crippen LogP) is 4.07. The molecule has 3 nitrogen and oxygen atoms in total. The van der Waals surface area contributed by atoms with Gasteiger partial charge in [-0.15, -0.1) is 0 Å². The van der Waals surface area contributed by atoms with Crippen LogP contribution in [0.25, 0.3) is 15.5 Å². The molecule has 3 aromatic rings. The van der Waals surface area contributed by atoms with E-state index in [1.807, 2.05) is 22.7 Å². The van der Waals surface area contributed by atoms with Gasteiger partial charge in [-0.2, -0.15) is 9.61 Å². The van der Waals surface area contributed by atoms with Crippen LogP contribution >= 0.6 is 23.6 Å². The van der Waals surface area contributed by atoms with Gasteiger partial charge < -0.3 is 0 Å². The van der Waals surface area contributed by atoms with Crippen molar-refractivity contribution in [2.45, 2.75) is 25.7 Å². The lowest BCUT2D eigenvalue weighted by Crippen LogP contribution is -2.09. The van der Waals surface area contributed by atoms with Gasteiger partial charge in [-0.3, -0.25) is 0 Å². The van der Waals surface area contributed by atoms with Crippen molar-refractivity contribution in [2.75, 3.05) is 0 Å². The van der Waals surface area contributed by atoms with Gasteiger partial charge in [0.25, 0.3) is 0 Å². The third-order valence-corrected chi connectivity index (χ3v) is 5.08. The van der Waals surface area contributed by atoms with Crippen LogP contribution < -0.4 is 0 Å². The van der Waals surface area contributed by atoms with Gasteiger partial charge in [0, 0.05) is 16.8 Å². The molecular weight excluding hydrogens is 286 g/mol. The largest absolute Gasteiger partial charge is 0.224 e. The molecule has 2 aromatic heterocycles. The van der Waals surface area contributed by atoms with E-state index in [9.17, 15) is 0 Å². The summed E-state index contributed by atoms with van der Waals surface area (Å²) in [5, 5.41) is 5.64. The Hall–Kier alpha value is -1.59. The van der Waals surface area contributed by atoms with Crippen molar-refractivity contribution in [3.05, 3.63) is 46.2 Å². The maximum Gasteiger partial charge on any atom is 0.213 e. The lowest BCUT2D eigenvalue weighted by Gasteiger charge is -2.13. The van der Waals surface area contributed by atoms with Gasteiger partial charge in [-0.25, -0.2) is 4.98 Å². The maximum absolute atomic E-state index is 5.61. The highest BCUT2D eigenvalue weighted by atomic mass is 32.1. The molecule has 0 unspecified atom stereocenters. The van der Waals surface area contributed by atoms with E-state index in [0.29, 0.717) is 0 Å². The molecule has 5 heteroatoms. The average molecular weight is 299 g/mol. The summed E-state index contributed by atoms with van der Waals surface area (Å²) >= 11 is 7.22. The molecule has 0 amide bonds. The number of aromatic nitrogens is 3.